The van der Waals surface area contributed by atoms with Crippen LogP contribution >= 0.6 is 11.3 Å². The molecular formula is C14H26N4S. The van der Waals surface area contributed by atoms with Gasteiger partial charge in [-0.25, -0.2) is 4.98 Å². The monoisotopic (exact) mass is 282 g/mol. The Morgan fingerprint density at radius 2 is 1.95 bits per heavy atom. The fraction of sp³-hybridized carbons (Fsp3) is 0.786. The number of nitrogens with zero attached hydrogens (tertiary/aromatic N) is 3. The molecule has 2 heterocycles. The molecule has 0 spiro atoms. The lowest BCUT2D eigenvalue weighted by atomic mass is 10.2. The third-order valence-electron chi connectivity index (χ3n) is 3.71. The molecule has 5 heteroatoms. The van der Waals surface area contributed by atoms with Crippen LogP contribution in [0, 0.1) is 0 Å². The first-order valence-electron chi connectivity index (χ1n) is 7.38. The number of piperazine rings is 1. The van der Waals surface area contributed by atoms with E-state index < -0.39 is 0 Å². The largest absolute Gasteiger partial charge is 0.346 e. The van der Waals surface area contributed by atoms with Crippen molar-refractivity contribution in [3.05, 3.63) is 10.6 Å². The highest BCUT2D eigenvalue weighted by molar-refractivity contribution is 7.15. The Morgan fingerprint density at radius 1 is 1.26 bits per heavy atom. The van der Waals surface area contributed by atoms with Gasteiger partial charge in [-0.3, -0.25) is 0 Å². The lowest BCUT2D eigenvalue weighted by Gasteiger charge is -2.33. The molecule has 2 rings (SSSR count). The van der Waals surface area contributed by atoms with Crippen LogP contribution in [0.5, 0.6) is 0 Å². The Labute approximate surface area is 120 Å². The van der Waals surface area contributed by atoms with Crippen LogP contribution in [0.25, 0.3) is 0 Å². The van der Waals surface area contributed by atoms with Gasteiger partial charge in [0.1, 0.15) is 0 Å². The second kappa shape index (κ2) is 6.68. The predicted molar refractivity (Wildman–Crippen MR) is 83.0 cm³/mol. The highest BCUT2D eigenvalue weighted by Gasteiger charge is 2.21. The molecule has 1 unspecified atom stereocenters. The Bertz CT molecular complexity index is 394. The Morgan fingerprint density at radius 3 is 2.47 bits per heavy atom. The van der Waals surface area contributed by atoms with Crippen molar-refractivity contribution >= 4 is 16.5 Å². The maximum absolute atomic E-state index is 6.07. The van der Waals surface area contributed by atoms with E-state index in [9.17, 15) is 0 Å². The van der Waals surface area contributed by atoms with Crippen molar-refractivity contribution in [2.24, 2.45) is 5.73 Å². The molecule has 2 N–H and O–H groups in total. The van der Waals surface area contributed by atoms with Gasteiger partial charge in [-0.1, -0.05) is 20.3 Å². The number of aromatic nitrogens is 1. The van der Waals surface area contributed by atoms with Crippen LogP contribution in [-0.2, 0) is 6.42 Å². The summed E-state index contributed by atoms with van der Waals surface area (Å²) in [6.45, 7) is 12.1. The van der Waals surface area contributed by atoms with Gasteiger partial charge in [0.25, 0.3) is 0 Å². The highest BCUT2D eigenvalue weighted by Crippen LogP contribution is 2.31. The van der Waals surface area contributed by atoms with E-state index in [0.717, 1.165) is 45.6 Å². The average molecular weight is 282 g/mol. The number of rotatable bonds is 5. The van der Waals surface area contributed by atoms with E-state index in [1.807, 2.05) is 0 Å². The van der Waals surface area contributed by atoms with Crippen molar-refractivity contribution in [2.75, 3.05) is 37.6 Å². The maximum atomic E-state index is 6.07. The molecular weight excluding hydrogens is 256 g/mol. The Balaban J connectivity index is 2.10. The summed E-state index contributed by atoms with van der Waals surface area (Å²) in [5.41, 5.74) is 7.29. The van der Waals surface area contributed by atoms with Crippen molar-refractivity contribution in [2.45, 2.75) is 39.7 Å². The van der Waals surface area contributed by atoms with Crippen LogP contribution in [-0.4, -0.2) is 42.6 Å². The zero-order valence-corrected chi connectivity index (χ0v) is 13.2. The first kappa shape index (κ1) is 14.8. The maximum Gasteiger partial charge on any atom is 0.185 e. The molecule has 1 fully saturated rings. The molecule has 108 valence electrons. The number of likely N-dealkylation sites (N-methyl/N-ethyl adjacent to an activating group) is 1. The second-order valence-corrected chi connectivity index (χ2v) is 6.28. The molecule has 1 aliphatic rings. The number of thiazole rings is 1. The van der Waals surface area contributed by atoms with Gasteiger partial charge in [0, 0.05) is 37.1 Å². The summed E-state index contributed by atoms with van der Waals surface area (Å²) < 4.78 is 0. The van der Waals surface area contributed by atoms with Crippen LogP contribution < -0.4 is 10.6 Å². The van der Waals surface area contributed by atoms with Crippen molar-refractivity contribution in [3.8, 4) is 0 Å². The minimum atomic E-state index is 0.102. The van der Waals surface area contributed by atoms with Crippen LogP contribution in [0.1, 0.15) is 43.8 Å². The molecule has 1 aromatic heterocycles. The number of nitrogens with two attached hydrogens (primary N) is 1. The van der Waals surface area contributed by atoms with Crippen molar-refractivity contribution in [1.29, 1.82) is 0 Å². The predicted octanol–water partition coefficient (Wildman–Crippen LogP) is 2.26. The summed E-state index contributed by atoms with van der Waals surface area (Å²) in [4.78, 5) is 11.0. The number of anilines is 1. The molecule has 1 aliphatic heterocycles. The Hall–Kier alpha value is -0.650. The minimum Gasteiger partial charge on any atom is -0.346 e. The fourth-order valence-corrected chi connectivity index (χ4v) is 3.63. The summed E-state index contributed by atoms with van der Waals surface area (Å²) in [6.07, 6.45) is 2.18. The van der Waals surface area contributed by atoms with E-state index in [1.165, 1.54) is 15.7 Å². The normalized spacial score (nSPS) is 18.8. The van der Waals surface area contributed by atoms with Gasteiger partial charge in [0.15, 0.2) is 5.13 Å². The third kappa shape index (κ3) is 3.46. The average Bonchev–Trinajstić information content (AvgIpc) is 2.83. The van der Waals surface area contributed by atoms with Crippen molar-refractivity contribution < 1.29 is 0 Å². The molecule has 1 atom stereocenters. The van der Waals surface area contributed by atoms with E-state index >= 15 is 0 Å². The number of hydrogen-bond acceptors (Lipinski definition) is 5. The summed E-state index contributed by atoms with van der Waals surface area (Å²) in [6, 6.07) is 0.102. The van der Waals surface area contributed by atoms with Crippen LogP contribution in [0.15, 0.2) is 0 Å². The summed E-state index contributed by atoms with van der Waals surface area (Å²) in [5, 5.41) is 1.17. The lowest BCUT2D eigenvalue weighted by Crippen LogP contribution is -2.46. The van der Waals surface area contributed by atoms with Crippen molar-refractivity contribution in [1.82, 2.24) is 9.88 Å². The SMILES string of the molecule is CCCc1nc(N2CCN(CC)CC2)sc1C(C)N. The molecule has 0 aromatic carbocycles. The second-order valence-electron chi connectivity index (χ2n) is 5.27. The van der Waals surface area contributed by atoms with Gasteiger partial charge in [-0.05, 0) is 19.9 Å². The number of hydrogen-bond donors (Lipinski definition) is 1. The van der Waals surface area contributed by atoms with Crippen LogP contribution in [0.2, 0.25) is 0 Å². The Kier molecular flexibility index (Phi) is 5.19. The van der Waals surface area contributed by atoms with Gasteiger partial charge in [0.2, 0.25) is 0 Å². The first-order chi connectivity index (χ1) is 9.15. The molecule has 0 amide bonds. The summed E-state index contributed by atoms with van der Waals surface area (Å²) >= 11 is 1.79. The smallest absolute Gasteiger partial charge is 0.185 e. The molecule has 0 saturated carbocycles. The third-order valence-corrected chi connectivity index (χ3v) is 5.07. The van der Waals surface area contributed by atoms with E-state index in [-0.39, 0.29) is 6.04 Å². The molecule has 4 nitrogen and oxygen atoms in total. The molecule has 1 aromatic rings. The van der Waals surface area contributed by atoms with Crippen molar-refractivity contribution in [3.63, 3.8) is 0 Å². The molecule has 0 radical (unpaired) electrons. The highest BCUT2D eigenvalue weighted by atomic mass is 32.1. The van der Waals surface area contributed by atoms with E-state index in [0.29, 0.717) is 0 Å². The molecule has 1 saturated heterocycles. The molecule has 0 bridgehead atoms. The van der Waals surface area contributed by atoms with Gasteiger partial charge < -0.3 is 15.5 Å². The standard InChI is InChI=1S/C14H26N4S/c1-4-6-12-13(11(3)15)19-14(16-12)18-9-7-17(5-2)8-10-18/h11H,4-10,15H2,1-3H3. The zero-order valence-electron chi connectivity index (χ0n) is 12.4. The van der Waals surface area contributed by atoms with E-state index in [2.05, 4.69) is 30.6 Å². The van der Waals surface area contributed by atoms with Gasteiger partial charge in [-0.15, -0.1) is 11.3 Å². The van der Waals surface area contributed by atoms with E-state index in [1.54, 1.807) is 11.3 Å². The number of aryl methyl sites for hydroxylation is 1. The van der Waals surface area contributed by atoms with Gasteiger partial charge >= 0.3 is 0 Å². The zero-order chi connectivity index (χ0) is 13.8. The first-order valence-corrected chi connectivity index (χ1v) is 8.19. The topological polar surface area (TPSA) is 45.4 Å². The fourth-order valence-electron chi connectivity index (χ4n) is 2.51. The van der Waals surface area contributed by atoms with Crippen LogP contribution in [0.3, 0.4) is 0 Å². The summed E-state index contributed by atoms with van der Waals surface area (Å²) in [7, 11) is 0. The quantitative estimate of drug-likeness (QED) is 0.900. The molecule has 0 aliphatic carbocycles. The lowest BCUT2D eigenvalue weighted by molar-refractivity contribution is 0.271. The molecule has 19 heavy (non-hydrogen) atoms. The minimum absolute atomic E-state index is 0.102. The van der Waals surface area contributed by atoms with Gasteiger partial charge in [-0.2, -0.15) is 0 Å². The van der Waals surface area contributed by atoms with E-state index in [4.69, 9.17) is 10.7 Å². The van der Waals surface area contributed by atoms with Crippen LogP contribution in [0.4, 0.5) is 5.13 Å². The van der Waals surface area contributed by atoms with Gasteiger partial charge in [0.05, 0.1) is 5.69 Å². The summed E-state index contributed by atoms with van der Waals surface area (Å²) in [5.74, 6) is 0.